The van der Waals surface area contributed by atoms with E-state index < -0.39 is 0 Å². The minimum atomic E-state index is 0.429. The molecule has 2 heteroatoms. The van der Waals surface area contributed by atoms with Gasteiger partial charge in [-0.15, -0.1) is 0 Å². The summed E-state index contributed by atoms with van der Waals surface area (Å²) in [5.41, 5.74) is 1.36. The normalized spacial score (nSPS) is 14.5. The maximum atomic E-state index is 5.61. The molecule has 1 rings (SSSR count). The number of ether oxygens (including phenoxy) is 1. The fraction of sp³-hybridized carbons (Fsp3) is 0.600. The largest absolute Gasteiger partial charge is 0.381 e. The van der Waals surface area contributed by atoms with Gasteiger partial charge in [0.2, 0.25) is 0 Å². The Labute approximate surface area is 114 Å². The van der Waals surface area contributed by atoms with Gasteiger partial charge < -0.3 is 4.74 Å². The topological polar surface area (TPSA) is 9.23 Å². The molecular weight excluding hydrogens is 276 g/mol. The molecule has 2 atom stereocenters. The third kappa shape index (κ3) is 5.69. The average molecular weight is 299 g/mol. The van der Waals surface area contributed by atoms with Crippen LogP contribution in [0, 0.1) is 5.92 Å². The van der Waals surface area contributed by atoms with Crippen LogP contribution in [0.15, 0.2) is 30.3 Å². The van der Waals surface area contributed by atoms with Gasteiger partial charge in [-0.2, -0.15) is 0 Å². The summed E-state index contributed by atoms with van der Waals surface area (Å²) < 4.78 is 5.61. The molecule has 1 aromatic carbocycles. The zero-order chi connectivity index (χ0) is 12.5. The van der Waals surface area contributed by atoms with Gasteiger partial charge in [0.1, 0.15) is 0 Å². The van der Waals surface area contributed by atoms with Crippen molar-refractivity contribution >= 4 is 15.9 Å². The summed E-state index contributed by atoms with van der Waals surface area (Å²) in [5.74, 6) is 0.596. The van der Waals surface area contributed by atoms with Crippen molar-refractivity contribution in [2.75, 3.05) is 13.2 Å². The van der Waals surface area contributed by atoms with Crippen LogP contribution in [0.2, 0.25) is 0 Å². The molecule has 0 aliphatic rings. The molecule has 0 amide bonds. The number of alkyl halides is 1. The van der Waals surface area contributed by atoms with Crippen LogP contribution in [0.1, 0.15) is 43.5 Å². The monoisotopic (exact) mass is 298 g/mol. The Balaban J connectivity index is 2.25. The lowest BCUT2D eigenvalue weighted by Crippen LogP contribution is -2.08. The molecule has 2 unspecified atom stereocenters. The molecule has 0 aliphatic carbocycles. The molecule has 96 valence electrons. The van der Waals surface area contributed by atoms with E-state index in [0.717, 1.165) is 19.6 Å². The second-order valence-corrected chi connectivity index (χ2v) is 5.53. The SMILES string of the molecule is CCCCOCCC(C)C(Br)c1ccccc1. The highest BCUT2D eigenvalue weighted by Gasteiger charge is 2.15. The Morgan fingerprint density at radius 2 is 1.88 bits per heavy atom. The van der Waals surface area contributed by atoms with Gasteiger partial charge in [0.25, 0.3) is 0 Å². The minimum Gasteiger partial charge on any atom is -0.381 e. The zero-order valence-corrected chi connectivity index (χ0v) is 12.4. The Morgan fingerprint density at radius 1 is 1.18 bits per heavy atom. The molecule has 0 saturated heterocycles. The van der Waals surface area contributed by atoms with Gasteiger partial charge in [-0.05, 0) is 24.3 Å². The van der Waals surface area contributed by atoms with Crippen molar-refractivity contribution in [1.29, 1.82) is 0 Å². The highest BCUT2D eigenvalue weighted by atomic mass is 79.9. The van der Waals surface area contributed by atoms with Gasteiger partial charge in [-0.3, -0.25) is 0 Å². The predicted octanol–water partition coefficient (Wildman–Crippen LogP) is 4.97. The van der Waals surface area contributed by atoms with Crippen molar-refractivity contribution in [1.82, 2.24) is 0 Å². The Hall–Kier alpha value is -0.340. The smallest absolute Gasteiger partial charge is 0.0469 e. The third-order valence-electron chi connectivity index (χ3n) is 2.98. The van der Waals surface area contributed by atoms with Crippen molar-refractivity contribution in [3.63, 3.8) is 0 Å². The zero-order valence-electron chi connectivity index (χ0n) is 10.9. The summed E-state index contributed by atoms with van der Waals surface area (Å²) in [4.78, 5) is 0.429. The van der Waals surface area contributed by atoms with Crippen LogP contribution in [0.4, 0.5) is 0 Å². The molecule has 0 aromatic heterocycles. The Bertz CT molecular complexity index is 286. The van der Waals surface area contributed by atoms with Crippen molar-refractivity contribution in [3.05, 3.63) is 35.9 Å². The standard InChI is InChI=1S/C15H23BrO/c1-3-4-11-17-12-10-13(2)15(16)14-8-6-5-7-9-14/h5-9,13,15H,3-4,10-12H2,1-2H3. The fourth-order valence-corrected chi connectivity index (χ4v) is 2.30. The molecule has 0 N–H and O–H groups in total. The maximum Gasteiger partial charge on any atom is 0.0469 e. The average Bonchev–Trinajstić information content (AvgIpc) is 2.38. The van der Waals surface area contributed by atoms with Crippen LogP contribution >= 0.6 is 15.9 Å². The van der Waals surface area contributed by atoms with E-state index in [1.54, 1.807) is 0 Å². The van der Waals surface area contributed by atoms with E-state index in [-0.39, 0.29) is 0 Å². The minimum absolute atomic E-state index is 0.429. The van der Waals surface area contributed by atoms with Gasteiger partial charge >= 0.3 is 0 Å². The number of hydrogen-bond acceptors (Lipinski definition) is 1. The molecule has 0 spiro atoms. The van der Waals surface area contributed by atoms with E-state index in [1.165, 1.54) is 18.4 Å². The lowest BCUT2D eigenvalue weighted by molar-refractivity contribution is 0.119. The van der Waals surface area contributed by atoms with Crippen LogP contribution in [0.5, 0.6) is 0 Å². The number of benzene rings is 1. The first-order chi connectivity index (χ1) is 8.25. The van der Waals surface area contributed by atoms with E-state index in [9.17, 15) is 0 Å². The number of unbranched alkanes of at least 4 members (excludes halogenated alkanes) is 1. The van der Waals surface area contributed by atoms with Crippen molar-refractivity contribution in [3.8, 4) is 0 Å². The van der Waals surface area contributed by atoms with Gasteiger partial charge in [0.05, 0.1) is 0 Å². The van der Waals surface area contributed by atoms with Crippen LogP contribution in [-0.2, 0) is 4.74 Å². The molecule has 17 heavy (non-hydrogen) atoms. The van der Waals surface area contributed by atoms with E-state index in [2.05, 4.69) is 60.1 Å². The van der Waals surface area contributed by atoms with Crippen LogP contribution < -0.4 is 0 Å². The highest BCUT2D eigenvalue weighted by molar-refractivity contribution is 9.09. The Kier molecular flexibility index (Phi) is 7.54. The Morgan fingerprint density at radius 3 is 2.53 bits per heavy atom. The maximum absolute atomic E-state index is 5.61. The molecular formula is C15H23BrO. The summed E-state index contributed by atoms with van der Waals surface area (Å²) >= 11 is 3.78. The van der Waals surface area contributed by atoms with Gasteiger partial charge in [-0.25, -0.2) is 0 Å². The van der Waals surface area contributed by atoms with Crippen molar-refractivity contribution < 1.29 is 4.74 Å². The van der Waals surface area contributed by atoms with Gasteiger partial charge in [0, 0.05) is 18.0 Å². The first kappa shape index (κ1) is 14.7. The van der Waals surface area contributed by atoms with Gasteiger partial charge in [0.15, 0.2) is 0 Å². The van der Waals surface area contributed by atoms with Crippen LogP contribution in [0.25, 0.3) is 0 Å². The summed E-state index contributed by atoms with van der Waals surface area (Å²) in [7, 11) is 0. The van der Waals surface area contributed by atoms with Crippen molar-refractivity contribution in [2.24, 2.45) is 5.92 Å². The van der Waals surface area contributed by atoms with Crippen molar-refractivity contribution in [2.45, 2.75) is 37.9 Å². The molecule has 1 aromatic rings. The second kappa shape index (κ2) is 8.71. The lowest BCUT2D eigenvalue weighted by atomic mass is 9.98. The number of hydrogen-bond donors (Lipinski definition) is 0. The lowest BCUT2D eigenvalue weighted by Gasteiger charge is -2.18. The quantitative estimate of drug-likeness (QED) is 0.486. The van der Waals surface area contributed by atoms with Gasteiger partial charge in [-0.1, -0.05) is 66.5 Å². The van der Waals surface area contributed by atoms with E-state index in [0.29, 0.717) is 10.7 Å². The number of rotatable bonds is 8. The summed E-state index contributed by atoms with van der Waals surface area (Å²) in [6, 6.07) is 10.6. The molecule has 0 fully saturated rings. The molecule has 0 bridgehead atoms. The second-order valence-electron chi connectivity index (χ2n) is 4.54. The summed E-state index contributed by atoms with van der Waals surface area (Å²) in [5, 5.41) is 0. The van der Waals surface area contributed by atoms with E-state index in [4.69, 9.17) is 4.74 Å². The third-order valence-corrected chi connectivity index (χ3v) is 4.41. The highest BCUT2D eigenvalue weighted by Crippen LogP contribution is 2.32. The predicted molar refractivity (Wildman–Crippen MR) is 77.6 cm³/mol. The summed E-state index contributed by atoms with van der Waals surface area (Å²) in [6.07, 6.45) is 3.49. The first-order valence-electron chi connectivity index (χ1n) is 6.52. The number of halogens is 1. The van der Waals surface area contributed by atoms with E-state index in [1.807, 2.05) is 0 Å². The molecule has 0 heterocycles. The molecule has 0 saturated carbocycles. The summed E-state index contributed by atoms with van der Waals surface area (Å²) in [6.45, 7) is 6.24. The fourth-order valence-electron chi connectivity index (χ4n) is 1.73. The van der Waals surface area contributed by atoms with E-state index >= 15 is 0 Å². The van der Waals surface area contributed by atoms with Crippen LogP contribution in [0.3, 0.4) is 0 Å². The van der Waals surface area contributed by atoms with Crippen LogP contribution in [-0.4, -0.2) is 13.2 Å². The molecule has 0 radical (unpaired) electrons. The first-order valence-corrected chi connectivity index (χ1v) is 7.44. The molecule has 0 aliphatic heterocycles. The molecule has 1 nitrogen and oxygen atoms in total.